The number of hydrogen-bond donors (Lipinski definition) is 2. The molecule has 0 spiro atoms. The van der Waals surface area contributed by atoms with Gasteiger partial charge in [-0.3, -0.25) is 14.5 Å². The van der Waals surface area contributed by atoms with Gasteiger partial charge in [-0.25, -0.2) is 4.79 Å². The molecule has 2 N–H and O–H groups in total. The van der Waals surface area contributed by atoms with Gasteiger partial charge in [0.25, 0.3) is 0 Å². The van der Waals surface area contributed by atoms with E-state index in [1.54, 1.807) is 0 Å². The molecule has 0 bridgehead atoms. The Morgan fingerprint density at radius 2 is 2.24 bits per heavy atom. The minimum absolute atomic E-state index is 0.0184. The summed E-state index contributed by atoms with van der Waals surface area (Å²) in [6.45, 7) is -0.293. The van der Waals surface area contributed by atoms with E-state index in [9.17, 15) is 19.5 Å². The summed E-state index contributed by atoms with van der Waals surface area (Å²) in [5.41, 5.74) is 0. The molecule has 0 aromatic rings. The topological polar surface area (TPSA) is 113 Å². The number of esters is 1. The zero-order chi connectivity index (χ0) is 15.1. The van der Waals surface area contributed by atoms with Crippen LogP contribution in [0.2, 0.25) is 0 Å². The van der Waals surface area contributed by atoms with Crippen molar-refractivity contribution in [2.24, 2.45) is 5.92 Å². The molecule has 0 unspecified atom stereocenters. The zero-order valence-corrected chi connectivity index (χ0v) is 11.7. The minimum Gasteiger partial charge on any atom is -0.462 e. The first-order chi connectivity index (χ1) is 10.0. The predicted molar refractivity (Wildman–Crippen MR) is 68.7 cm³/mol. The van der Waals surface area contributed by atoms with Crippen molar-refractivity contribution in [2.45, 2.75) is 30.7 Å². The second kappa shape index (κ2) is 5.23. The molecule has 0 aromatic heterocycles. The van der Waals surface area contributed by atoms with Gasteiger partial charge in [0.2, 0.25) is 11.8 Å². The molecule has 0 aliphatic carbocycles. The third-order valence-corrected chi connectivity index (χ3v) is 5.04. The maximum atomic E-state index is 11.9. The van der Waals surface area contributed by atoms with Gasteiger partial charge in [-0.05, 0) is 6.42 Å². The molecule has 0 saturated carbocycles. The molecule has 3 rings (SSSR count). The lowest BCUT2D eigenvalue weighted by molar-refractivity contribution is -0.152. The summed E-state index contributed by atoms with van der Waals surface area (Å²) in [4.78, 5) is 35.6. The molecule has 3 aliphatic heterocycles. The number of β-lactam (4-membered cyclic amide) rings is 1. The summed E-state index contributed by atoms with van der Waals surface area (Å²) in [5.74, 6) is -1.21. The van der Waals surface area contributed by atoms with Crippen molar-refractivity contribution < 1.29 is 34.1 Å². The first-order valence-corrected chi connectivity index (χ1v) is 7.33. The lowest BCUT2D eigenvalue weighted by Gasteiger charge is -2.40. The van der Waals surface area contributed by atoms with Crippen LogP contribution in [0.3, 0.4) is 0 Å². The van der Waals surface area contributed by atoms with E-state index < -0.39 is 12.1 Å². The number of nitrogens with zero attached hydrogens (tertiary/aromatic N) is 1. The molecular formula is C12H13NO7S. The predicted octanol–water partition coefficient (Wildman–Crippen LogP) is 0.469. The molecule has 8 nitrogen and oxygen atoms in total. The number of amides is 1. The standard InChI is InChI=1S/C12H13NO7S/c14-4-6-9(16)13-10(20-12(17)18)7(21-11(6)13)3-5-1-2-8(15)19-5/h5-6,11,14H,1-4H2,(H,17,18)/t5-,6-,11+/m0/s1. The number of carbonyl (C=O) groups is 3. The highest BCUT2D eigenvalue weighted by atomic mass is 32.2. The van der Waals surface area contributed by atoms with Gasteiger partial charge in [0.15, 0.2) is 0 Å². The number of aliphatic hydroxyl groups is 1. The minimum atomic E-state index is -1.51. The van der Waals surface area contributed by atoms with Crippen LogP contribution in [0.5, 0.6) is 0 Å². The zero-order valence-electron chi connectivity index (χ0n) is 10.9. The number of cyclic esters (lactones) is 1. The van der Waals surface area contributed by atoms with Gasteiger partial charge >= 0.3 is 12.1 Å². The Morgan fingerprint density at radius 1 is 1.48 bits per heavy atom. The van der Waals surface area contributed by atoms with Gasteiger partial charge in [0.1, 0.15) is 11.5 Å². The van der Waals surface area contributed by atoms with Gasteiger partial charge in [-0.1, -0.05) is 11.8 Å². The number of fused-ring (bicyclic) bond motifs is 1. The van der Waals surface area contributed by atoms with Gasteiger partial charge in [-0.2, -0.15) is 0 Å². The van der Waals surface area contributed by atoms with Gasteiger partial charge in [0, 0.05) is 12.8 Å². The Bertz CT molecular complexity index is 546. The van der Waals surface area contributed by atoms with Crippen molar-refractivity contribution in [3.8, 4) is 0 Å². The quantitative estimate of drug-likeness (QED) is 0.568. The second-order valence-electron chi connectivity index (χ2n) is 4.96. The van der Waals surface area contributed by atoms with E-state index in [1.807, 2.05) is 0 Å². The van der Waals surface area contributed by atoms with E-state index in [-0.39, 0.29) is 35.8 Å². The summed E-state index contributed by atoms with van der Waals surface area (Å²) in [6.07, 6.45) is -0.618. The van der Waals surface area contributed by atoms with E-state index in [0.29, 0.717) is 24.2 Å². The summed E-state index contributed by atoms with van der Waals surface area (Å²) in [5, 5.41) is 17.6. The maximum absolute atomic E-state index is 11.9. The molecule has 9 heteroatoms. The number of carbonyl (C=O) groups excluding carboxylic acids is 2. The number of thioether (sulfide) groups is 1. The summed E-state index contributed by atoms with van der Waals surface area (Å²) in [6, 6.07) is 0. The molecule has 3 aliphatic rings. The SMILES string of the molecule is O=C(O)OC1=C(C[C@@H]2CCC(=O)O2)S[C@@H]2[C@@H](CO)C(=O)N12. The van der Waals surface area contributed by atoms with Crippen LogP contribution in [-0.2, 0) is 19.1 Å². The maximum Gasteiger partial charge on any atom is 0.512 e. The van der Waals surface area contributed by atoms with Crippen LogP contribution in [-0.4, -0.2) is 51.2 Å². The molecule has 1 amide bonds. The van der Waals surface area contributed by atoms with Crippen LogP contribution in [0.25, 0.3) is 0 Å². The van der Waals surface area contributed by atoms with E-state index in [2.05, 4.69) is 0 Å². The van der Waals surface area contributed by atoms with Crippen molar-refractivity contribution in [3.05, 3.63) is 10.8 Å². The molecule has 3 atom stereocenters. The molecule has 114 valence electrons. The van der Waals surface area contributed by atoms with Crippen molar-refractivity contribution >= 4 is 29.8 Å². The highest BCUT2D eigenvalue weighted by molar-refractivity contribution is 8.04. The van der Waals surface area contributed by atoms with E-state index >= 15 is 0 Å². The summed E-state index contributed by atoms with van der Waals surface area (Å²) >= 11 is 1.28. The van der Waals surface area contributed by atoms with Crippen LogP contribution in [0, 0.1) is 5.92 Å². The molecule has 21 heavy (non-hydrogen) atoms. The van der Waals surface area contributed by atoms with Crippen molar-refractivity contribution in [3.63, 3.8) is 0 Å². The van der Waals surface area contributed by atoms with Gasteiger partial charge in [-0.15, -0.1) is 0 Å². The molecule has 3 heterocycles. The fourth-order valence-electron chi connectivity index (χ4n) is 2.63. The lowest BCUT2D eigenvalue weighted by Crippen LogP contribution is -2.58. The van der Waals surface area contributed by atoms with Crippen LogP contribution in [0.1, 0.15) is 19.3 Å². The number of aliphatic hydroxyl groups excluding tert-OH is 1. The molecule has 0 aromatic carbocycles. The van der Waals surface area contributed by atoms with Crippen LogP contribution in [0.4, 0.5) is 4.79 Å². The number of hydrogen-bond acceptors (Lipinski definition) is 7. The largest absolute Gasteiger partial charge is 0.512 e. The average molecular weight is 315 g/mol. The second-order valence-corrected chi connectivity index (χ2v) is 6.17. The molecular weight excluding hydrogens is 302 g/mol. The van der Waals surface area contributed by atoms with Gasteiger partial charge < -0.3 is 19.7 Å². The third-order valence-electron chi connectivity index (χ3n) is 3.64. The monoisotopic (exact) mass is 315 g/mol. The first kappa shape index (κ1) is 14.2. The smallest absolute Gasteiger partial charge is 0.462 e. The Balaban J connectivity index is 1.78. The third kappa shape index (κ3) is 2.36. The Labute approximate surface area is 123 Å². The van der Waals surface area contributed by atoms with E-state index in [1.165, 1.54) is 16.7 Å². The van der Waals surface area contributed by atoms with Crippen molar-refractivity contribution in [2.75, 3.05) is 6.61 Å². The van der Waals surface area contributed by atoms with E-state index in [0.717, 1.165) is 0 Å². The Hall–Kier alpha value is -1.74. The fourth-order valence-corrected chi connectivity index (χ4v) is 4.12. The summed E-state index contributed by atoms with van der Waals surface area (Å²) in [7, 11) is 0. The van der Waals surface area contributed by atoms with Crippen LogP contribution >= 0.6 is 11.8 Å². The summed E-state index contributed by atoms with van der Waals surface area (Å²) < 4.78 is 9.82. The van der Waals surface area contributed by atoms with Crippen molar-refractivity contribution in [1.29, 1.82) is 0 Å². The number of rotatable bonds is 4. The highest BCUT2D eigenvalue weighted by Gasteiger charge is 2.55. The van der Waals surface area contributed by atoms with Crippen LogP contribution in [0.15, 0.2) is 10.8 Å². The molecule has 2 saturated heterocycles. The lowest BCUT2D eigenvalue weighted by atomic mass is 10.00. The Morgan fingerprint density at radius 3 is 2.81 bits per heavy atom. The highest BCUT2D eigenvalue weighted by Crippen LogP contribution is 2.51. The average Bonchev–Trinajstić information content (AvgIpc) is 2.93. The molecule has 2 fully saturated rings. The Kier molecular flexibility index (Phi) is 3.54. The van der Waals surface area contributed by atoms with Gasteiger partial charge in [0.05, 0.1) is 17.4 Å². The fraction of sp³-hybridized carbons (Fsp3) is 0.583. The van der Waals surface area contributed by atoms with Crippen molar-refractivity contribution in [1.82, 2.24) is 4.90 Å². The van der Waals surface area contributed by atoms with Crippen LogP contribution < -0.4 is 0 Å². The first-order valence-electron chi connectivity index (χ1n) is 6.45. The van der Waals surface area contributed by atoms with E-state index in [4.69, 9.17) is 14.6 Å². The number of ether oxygens (including phenoxy) is 2. The number of carboxylic acid groups (broad SMARTS) is 1. The molecule has 0 radical (unpaired) electrons. The normalized spacial score (nSPS) is 31.1.